The van der Waals surface area contributed by atoms with Gasteiger partial charge in [0.1, 0.15) is 6.20 Å². The standard InChI is InChI=1S/C14H22N3O2/c1-3-18-12(2)19-11-13-6-9-17(10-7-13)14-5-4-8-15-16-14/h4-5,12-13H,3,6-7,9-11H2,1-2H3. The Morgan fingerprint density at radius 1 is 1.42 bits per heavy atom. The highest BCUT2D eigenvalue weighted by Crippen LogP contribution is 2.21. The van der Waals surface area contributed by atoms with E-state index in [1.54, 1.807) is 6.07 Å². The summed E-state index contributed by atoms with van der Waals surface area (Å²) in [7, 11) is 0. The van der Waals surface area contributed by atoms with Gasteiger partial charge in [-0.05, 0) is 44.7 Å². The lowest BCUT2D eigenvalue weighted by Gasteiger charge is -2.32. The minimum Gasteiger partial charge on any atom is -0.355 e. The third-order valence-electron chi connectivity index (χ3n) is 3.42. The molecule has 0 aromatic carbocycles. The third-order valence-corrected chi connectivity index (χ3v) is 3.42. The zero-order chi connectivity index (χ0) is 13.5. The number of anilines is 1. The second kappa shape index (κ2) is 7.40. The van der Waals surface area contributed by atoms with Crippen molar-refractivity contribution in [3.05, 3.63) is 18.3 Å². The monoisotopic (exact) mass is 264 g/mol. The highest BCUT2D eigenvalue weighted by molar-refractivity contribution is 5.36. The molecule has 1 radical (unpaired) electrons. The molecule has 0 bridgehead atoms. The number of hydrogen-bond donors (Lipinski definition) is 0. The predicted octanol–water partition coefficient (Wildman–Crippen LogP) is 1.89. The topological polar surface area (TPSA) is 47.5 Å². The molecule has 1 fully saturated rings. The molecule has 0 aliphatic carbocycles. The molecule has 0 saturated carbocycles. The van der Waals surface area contributed by atoms with E-state index in [0.29, 0.717) is 12.5 Å². The quantitative estimate of drug-likeness (QED) is 0.734. The maximum Gasteiger partial charge on any atom is 0.154 e. The number of piperidine rings is 1. The van der Waals surface area contributed by atoms with Crippen molar-refractivity contribution in [2.24, 2.45) is 5.92 Å². The molecular weight excluding hydrogens is 242 g/mol. The van der Waals surface area contributed by atoms with Gasteiger partial charge in [0, 0.05) is 19.7 Å². The maximum absolute atomic E-state index is 5.69. The molecule has 1 aliphatic heterocycles. The van der Waals surface area contributed by atoms with Gasteiger partial charge in [0.05, 0.1) is 6.61 Å². The second-order valence-corrected chi connectivity index (χ2v) is 4.81. The molecule has 2 rings (SSSR count). The maximum atomic E-state index is 5.69. The molecule has 1 unspecified atom stereocenters. The molecule has 1 atom stereocenters. The predicted molar refractivity (Wildman–Crippen MR) is 72.8 cm³/mol. The molecule has 1 aliphatic rings. The first kappa shape index (κ1) is 14.2. The van der Waals surface area contributed by atoms with E-state index in [2.05, 4.69) is 21.3 Å². The summed E-state index contributed by atoms with van der Waals surface area (Å²) in [6.45, 7) is 7.43. The SMILES string of the molecule is CCOC(C)OCC1CCN(c2cc[c]nn2)CC1. The molecular formula is C14H22N3O2. The lowest BCUT2D eigenvalue weighted by atomic mass is 9.98. The van der Waals surface area contributed by atoms with Gasteiger partial charge in [0.15, 0.2) is 12.1 Å². The van der Waals surface area contributed by atoms with Gasteiger partial charge < -0.3 is 14.4 Å². The van der Waals surface area contributed by atoms with Gasteiger partial charge in [-0.3, -0.25) is 0 Å². The van der Waals surface area contributed by atoms with Gasteiger partial charge in [0.2, 0.25) is 0 Å². The molecule has 0 spiro atoms. The zero-order valence-corrected chi connectivity index (χ0v) is 11.7. The summed E-state index contributed by atoms with van der Waals surface area (Å²) in [6.07, 6.45) is 4.85. The van der Waals surface area contributed by atoms with Gasteiger partial charge in [-0.1, -0.05) is 0 Å². The first-order chi connectivity index (χ1) is 9.29. The summed E-state index contributed by atoms with van der Waals surface area (Å²) in [5.41, 5.74) is 0. The fraction of sp³-hybridized carbons (Fsp3) is 0.714. The Bertz CT molecular complexity index is 353. The van der Waals surface area contributed by atoms with Crippen molar-refractivity contribution < 1.29 is 9.47 Å². The fourth-order valence-corrected chi connectivity index (χ4v) is 2.31. The highest BCUT2D eigenvalue weighted by atomic mass is 16.7. The Balaban J connectivity index is 1.71. The number of nitrogens with zero attached hydrogens (tertiary/aromatic N) is 3. The van der Waals surface area contributed by atoms with Crippen LogP contribution >= 0.6 is 0 Å². The van der Waals surface area contributed by atoms with E-state index in [1.165, 1.54) is 0 Å². The molecule has 1 saturated heterocycles. The Morgan fingerprint density at radius 3 is 2.84 bits per heavy atom. The molecule has 5 nitrogen and oxygen atoms in total. The minimum atomic E-state index is -0.0986. The average Bonchev–Trinajstić information content (AvgIpc) is 2.47. The van der Waals surface area contributed by atoms with Gasteiger partial charge in [-0.2, -0.15) is 0 Å². The van der Waals surface area contributed by atoms with Crippen molar-refractivity contribution in [1.82, 2.24) is 10.2 Å². The van der Waals surface area contributed by atoms with Crippen LogP contribution in [0, 0.1) is 12.1 Å². The zero-order valence-electron chi connectivity index (χ0n) is 11.7. The van der Waals surface area contributed by atoms with Crippen LogP contribution < -0.4 is 4.90 Å². The van der Waals surface area contributed by atoms with Crippen molar-refractivity contribution in [2.45, 2.75) is 33.0 Å². The third kappa shape index (κ3) is 4.44. The van der Waals surface area contributed by atoms with E-state index in [4.69, 9.17) is 9.47 Å². The van der Waals surface area contributed by atoms with Crippen molar-refractivity contribution in [3.63, 3.8) is 0 Å². The van der Waals surface area contributed by atoms with Gasteiger partial charge in [-0.15, -0.1) is 10.2 Å². The summed E-state index contributed by atoms with van der Waals surface area (Å²) < 4.78 is 11.1. The van der Waals surface area contributed by atoms with Crippen LogP contribution in [0.25, 0.3) is 0 Å². The Kier molecular flexibility index (Phi) is 5.54. The first-order valence-electron chi connectivity index (χ1n) is 6.97. The van der Waals surface area contributed by atoms with Crippen molar-refractivity contribution in [2.75, 3.05) is 31.2 Å². The van der Waals surface area contributed by atoms with E-state index in [-0.39, 0.29) is 6.29 Å². The smallest absolute Gasteiger partial charge is 0.154 e. The molecule has 5 heteroatoms. The molecule has 0 amide bonds. The summed E-state index contributed by atoms with van der Waals surface area (Å²) >= 11 is 0. The molecule has 2 heterocycles. The van der Waals surface area contributed by atoms with Gasteiger partial charge >= 0.3 is 0 Å². The van der Waals surface area contributed by atoms with Gasteiger partial charge in [-0.25, -0.2) is 0 Å². The van der Waals surface area contributed by atoms with Crippen LogP contribution in [0.1, 0.15) is 26.7 Å². The minimum absolute atomic E-state index is 0.0986. The Hall–Kier alpha value is -1.20. The van der Waals surface area contributed by atoms with Crippen molar-refractivity contribution in [1.29, 1.82) is 0 Å². The summed E-state index contributed by atoms with van der Waals surface area (Å²) in [6, 6.07) is 3.77. The van der Waals surface area contributed by atoms with Crippen molar-refractivity contribution in [3.8, 4) is 0 Å². The van der Waals surface area contributed by atoms with Crippen LogP contribution in [0.15, 0.2) is 12.1 Å². The molecule has 1 aromatic heterocycles. The Labute approximate surface area is 114 Å². The Morgan fingerprint density at radius 2 is 2.21 bits per heavy atom. The largest absolute Gasteiger partial charge is 0.355 e. The highest BCUT2D eigenvalue weighted by Gasteiger charge is 2.21. The summed E-state index contributed by atoms with van der Waals surface area (Å²) in [4.78, 5) is 2.27. The molecule has 105 valence electrons. The molecule has 19 heavy (non-hydrogen) atoms. The van der Waals surface area contributed by atoms with Crippen LogP contribution in [0.4, 0.5) is 5.82 Å². The van der Waals surface area contributed by atoms with Gasteiger partial charge in [0.25, 0.3) is 0 Å². The number of rotatable bonds is 6. The number of hydrogen-bond acceptors (Lipinski definition) is 5. The van der Waals surface area contributed by atoms with Crippen LogP contribution in [-0.2, 0) is 9.47 Å². The normalized spacial score (nSPS) is 18.5. The lowest BCUT2D eigenvalue weighted by molar-refractivity contribution is -0.136. The van der Waals surface area contributed by atoms with E-state index in [9.17, 15) is 0 Å². The van der Waals surface area contributed by atoms with Crippen LogP contribution in [0.2, 0.25) is 0 Å². The van der Waals surface area contributed by atoms with Crippen molar-refractivity contribution >= 4 is 5.82 Å². The van der Waals surface area contributed by atoms with E-state index < -0.39 is 0 Å². The fourth-order valence-electron chi connectivity index (χ4n) is 2.31. The van der Waals surface area contributed by atoms with Crippen LogP contribution in [0.5, 0.6) is 0 Å². The second-order valence-electron chi connectivity index (χ2n) is 4.81. The first-order valence-corrected chi connectivity index (χ1v) is 6.97. The van der Waals surface area contributed by atoms with Crippen LogP contribution in [0.3, 0.4) is 0 Å². The molecule has 0 N–H and O–H groups in total. The number of aromatic nitrogens is 2. The summed E-state index contributed by atoms with van der Waals surface area (Å²) in [5.74, 6) is 1.56. The van der Waals surface area contributed by atoms with E-state index in [1.807, 2.05) is 19.9 Å². The van der Waals surface area contributed by atoms with E-state index >= 15 is 0 Å². The van der Waals surface area contributed by atoms with Crippen LogP contribution in [-0.4, -0.2) is 42.8 Å². The molecule has 1 aromatic rings. The average molecular weight is 264 g/mol. The van der Waals surface area contributed by atoms with E-state index in [0.717, 1.165) is 38.4 Å². The summed E-state index contributed by atoms with van der Waals surface area (Å²) in [5, 5.41) is 7.90. The lowest BCUT2D eigenvalue weighted by Crippen LogP contribution is -2.36. The number of ether oxygens (including phenoxy) is 2.